The minimum atomic E-state index is -0.836. The van der Waals surface area contributed by atoms with Crippen LogP contribution in [0.15, 0.2) is 60.7 Å². The number of rotatable bonds is 7. The van der Waals surface area contributed by atoms with Gasteiger partial charge < -0.3 is 15.0 Å². The van der Waals surface area contributed by atoms with Crippen LogP contribution in [0.1, 0.15) is 30.9 Å². The summed E-state index contributed by atoms with van der Waals surface area (Å²) in [7, 11) is 0. The second kappa shape index (κ2) is 10.1. The molecule has 1 N–H and O–H groups in total. The van der Waals surface area contributed by atoms with Crippen LogP contribution in [-0.2, 0) is 31.0 Å². The highest BCUT2D eigenvalue weighted by molar-refractivity contribution is 5.87. The van der Waals surface area contributed by atoms with E-state index in [-0.39, 0.29) is 18.4 Å². The summed E-state index contributed by atoms with van der Waals surface area (Å²) in [5.74, 6) is -0.721. The number of nitrogens with one attached hydrogen (secondary N) is 1. The Morgan fingerprint density at radius 1 is 0.967 bits per heavy atom. The van der Waals surface area contributed by atoms with Gasteiger partial charge in [0.05, 0.1) is 5.41 Å². The molecule has 0 saturated carbocycles. The summed E-state index contributed by atoms with van der Waals surface area (Å²) in [5.41, 5.74) is 1.16. The number of amides is 2. The van der Waals surface area contributed by atoms with Crippen molar-refractivity contribution in [1.82, 2.24) is 10.2 Å². The molecule has 3 rings (SSSR count). The van der Waals surface area contributed by atoms with E-state index in [0.29, 0.717) is 32.5 Å². The molecule has 1 fully saturated rings. The third-order valence-corrected chi connectivity index (χ3v) is 5.69. The van der Waals surface area contributed by atoms with Crippen LogP contribution in [0, 0.1) is 0 Å². The Labute approximate surface area is 177 Å². The van der Waals surface area contributed by atoms with E-state index >= 15 is 0 Å². The number of hydrogen-bond acceptors (Lipinski definition) is 4. The number of piperidine rings is 1. The molecule has 1 saturated heterocycles. The van der Waals surface area contributed by atoms with Gasteiger partial charge in [-0.05, 0) is 30.4 Å². The molecule has 0 bridgehead atoms. The van der Waals surface area contributed by atoms with Crippen molar-refractivity contribution in [3.63, 3.8) is 0 Å². The molecule has 30 heavy (non-hydrogen) atoms. The number of likely N-dealkylation sites (tertiary alicyclic amines) is 1. The number of nitrogens with zero attached hydrogens (tertiary/aromatic N) is 1. The molecule has 0 spiro atoms. The molecule has 1 aliphatic rings. The van der Waals surface area contributed by atoms with Crippen molar-refractivity contribution in [2.75, 3.05) is 26.2 Å². The number of carbonyl (C=O) groups is 3. The van der Waals surface area contributed by atoms with Crippen molar-refractivity contribution in [1.29, 1.82) is 0 Å². The van der Waals surface area contributed by atoms with Crippen molar-refractivity contribution in [2.24, 2.45) is 0 Å². The van der Waals surface area contributed by atoms with E-state index in [2.05, 4.69) is 5.32 Å². The van der Waals surface area contributed by atoms with Gasteiger partial charge in [-0.3, -0.25) is 14.4 Å². The summed E-state index contributed by atoms with van der Waals surface area (Å²) in [5, 5.41) is 2.79. The summed E-state index contributed by atoms with van der Waals surface area (Å²) in [6, 6.07) is 19.4. The molecule has 158 valence electrons. The van der Waals surface area contributed by atoms with Gasteiger partial charge in [-0.1, -0.05) is 60.7 Å². The van der Waals surface area contributed by atoms with Crippen LogP contribution in [0.5, 0.6) is 0 Å². The summed E-state index contributed by atoms with van der Waals surface area (Å²) in [6.45, 7) is 2.69. The monoisotopic (exact) mass is 408 g/mol. The Morgan fingerprint density at radius 3 is 2.17 bits per heavy atom. The second-order valence-corrected chi connectivity index (χ2v) is 7.62. The number of esters is 1. The fourth-order valence-corrected chi connectivity index (χ4v) is 3.88. The lowest BCUT2D eigenvalue weighted by atomic mass is 9.72. The summed E-state index contributed by atoms with van der Waals surface area (Å²) in [6.07, 6.45) is 1.67. The average molecular weight is 408 g/mol. The quantitative estimate of drug-likeness (QED) is 0.714. The molecule has 2 amide bonds. The average Bonchev–Trinajstić information content (AvgIpc) is 2.78. The maximum atomic E-state index is 13.1. The van der Waals surface area contributed by atoms with Gasteiger partial charge in [0.25, 0.3) is 5.91 Å². The van der Waals surface area contributed by atoms with Crippen molar-refractivity contribution in [3.05, 3.63) is 71.8 Å². The molecule has 1 aliphatic heterocycles. The molecule has 2 aromatic rings. The van der Waals surface area contributed by atoms with Crippen molar-refractivity contribution in [3.8, 4) is 0 Å². The van der Waals surface area contributed by atoms with Crippen LogP contribution >= 0.6 is 0 Å². The SMILES string of the molecule is CC(=O)N1CCC(C(=O)OCC(=O)NCCc2ccccc2)(c2ccccc2)CC1. The van der Waals surface area contributed by atoms with Crippen LogP contribution in [0.3, 0.4) is 0 Å². The fourth-order valence-electron chi connectivity index (χ4n) is 3.88. The molecular weight excluding hydrogens is 380 g/mol. The third kappa shape index (κ3) is 5.26. The minimum absolute atomic E-state index is 0.00261. The zero-order valence-electron chi connectivity index (χ0n) is 17.3. The smallest absolute Gasteiger partial charge is 0.317 e. The Bertz CT molecular complexity index is 859. The van der Waals surface area contributed by atoms with Gasteiger partial charge in [-0.2, -0.15) is 0 Å². The first-order valence-electron chi connectivity index (χ1n) is 10.3. The van der Waals surface area contributed by atoms with Gasteiger partial charge in [0, 0.05) is 26.6 Å². The van der Waals surface area contributed by atoms with Crippen LogP contribution in [0.2, 0.25) is 0 Å². The fraction of sp³-hybridized carbons (Fsp3) is 0.375. The van der Waals surface area contributed by atoms with E-state index in [0.717, 1.165) is 17.5 Å². The normalized spacial score (nSPS) is 15.3. The van der Waals surface area contributed by atoms with Crippen LogP contribution in [-0.4, -0.2) is 48.9 Å². The van der Waals surface area contributed by atoms with Crippen LogP contribution < -0.4 is 5.32 Å². The number of benzene rings is 2. The molecule has 0 unspecified atom stereocenters. The van der Waals surface area contributed by atoms with Gasteiger partial charge in [0.1, 0.15) is 0 Å². The standard InChI is InChI=1S/C24H28N2O4/c1-19(27)26-16-13-24(14-17-26,21-10-6-3-7-11-21)23(29)30-18-22(28)25-15-12-20-8-4-2-5-9-20/h2-11H,12-18H2,1H3,(H,25,28). The van der Waals surface area contributed by atoms with E-state index < -0.39 is 11.4 Å². The first-order chi connectivity index (χ1) is 14.5. The van der Waals surface area contributed by atoms with E-state index in [9.17, 15) is 14.4 Å². The molecule has 6 heteroatoms. The van der Waals surface area contributed by atoms with Crippen molar-refractivity contribution >= 4 is 17.8 Å². The molecule has 1 heterocycles. The minimum Gasteiger partial charge on any atom is -0.455 e. The number of carbonyl (C=O) groups excluding carboxylic acids is 3. The second-order valence-electron chi connectivity index (χ2n) is 7.62. The third-order valence-electron chi connectivity index (χ3n) is 5.69. The first-order valence-corrected chi connectivity index (χ1v) is 10.3. The highest BCUT2D eigenvalue weighted by atomic mass is 16.5. The number of ether oxygens (including phenoxy) is 1. The predicted octanol–water partition coefficient (Wildman–Crippen LogP) is 2.47. The van der Waals surface area contributed by atoms with E-state index in [4.69, 9.17) is 4.74 Å². The highest BCUT2D eigenvalue weighted by Gasteiger charge is 2.44. The zero-order valence-corrected chi connectivity index (χ0v) is 17.3. The molecular formula is C24H28N2O4. The Kier molecular flexibility index (Phi) is 7.22. The van der Waals surface area contributed by atoms with Crippen molar-refractivity contribution < 1.29 is 19.1 Å². The molecule has 2 aromatic carbocycles. The topological polar surface area (TPSA) is 75.7 Å². The van der Waals surface area contributed by atoms with E-state index in [1.165, 1.54) is 6.92 Å². The largest absolute Gasteiger partial charge is 0.455 e. The highest BCUT2D eigenvalue weighted by Crippen LogP contribution is 2.37. The lowest BCUT2D eigenvalue weighted by Crippen LogP contribution is -2.49. The molecule has 6 nitrogen and oxygen atoms in total. The lowest BCUT2D eigenvalue weighted by Gasteiger charge is -2.40. The summed E-state index contributed by atoms with van der Waals surface area (Å²) < 4.78 is 5.45. The van der Waals surface area contributed by atoms with Gasteiger partial charge in [-0.15, -0.1) is 0 Å². The van der Waals surface area contributed by atoms with Gasteiger partial charge >= 0.3 is 5.97 Å². The predicted molar refractivity (Wildman–Crippen MR) is 114 cm³/mol. The Morgan fingerprint density at radius 2 is 1.57 bits per heavy atom. The van der Waals surface area contributed by atoms with Crippen LogP contribution in [0.4, 0.5) is 0 Å². The first kappa shape index (κ1) is 21.6. The molecule has 0 aromatic heterocycles. The van der Waals surface area contributed by atoms with Gasteiger partial charge in [0.15, 0.2) is 6.61 Å². The summed E-state index contributed by atoms with van der Waals surface area (Å²) in [4.78, 5) is 38.7. The maximum absolute atomic E-state index is 13.1. The molecule has 0 radical (unpaired) electrons. The summed E-state index contributed by atoms with van der Waals surface area (Å²) >= 11 is 0. The zero-order chi connectivity index (χ0) is 21.4. The molecule has 0 atom stereocenters. The van der Waals surface area contributed by atoms with Gasteiger partial charge in [0.2, 0.25) is 5.91 Å². The Balaban J connectivity index is 1.57. The van der Waals surface area contributed by atoms with Crippen molar-refractivity contribution in [2.45, 2.75) is 31.6 Å². The lowest BCUT2D eigenvalue weighted by molar-refractivity contribution is -0.157. The van der Waals surface area contributed by atoms with E-state index in [1.54, 1.807) is 4.90 Å². The van der Waals surface area contributed by atoms with Crippen LogP contribution in [0.25, 0.3) is 0 Å². The molecule has 0 aliphatic carbocycles. The maximum Gasteiger partial charge on any atom is 0.317 e. The Hall–Kier alpha value is -3.15. The van der Waals surface area contributed by atoms with E-state index in [1.807, 2.05) is 60.7 Å². The van der Waals surface area contributed by atoms with Gasteiger partial charge in [-0.25, -0.2) is 0 Å². The number of hydrogen-bond donors (Lipinski definition) is 1.